The first-order chi connectivity index (χ1) is 8.54. The van der Waals surface area contributed by atoms with Crippen LogP contribution in [0.15, 0.2) is 24.3 Å². The zero-order valence-electron chi connectivity index (χ0n) is 10.8. The number of anilines is 3. The van der Waals surface area contributed by atoms with Gasteiger partial charge in [0.1, 0.15) is 5.82 Å². The highest BCUT2D eigenvalue weighted by molar-refractivity contribution is 5.72. The number of benzene rings is 1. The van der Waals surface area contributed by atoms with Crippen molar-refractivity contribution in [3.8, 4) is 0 Å². The van der Waals surface area contributed by atoms with E-state index in [0.29, 0.717) is 5.69 Å². The number of hydrogen-bond acceptors (Lipinski definition) is 3. The summed E-state index contributed by atoms with van der Waals surface area (Å²) in [6.07, 6.45) is 0. The number of nitrogens with zero attached hydrogens (tertiary/aromatic N) is 3. The Labute approximate surface area is 106 Å². The molecular formula is C13H17FN4. The molecule has 0 amide bonds. The Morgan fingerprint density at radius 2 is 1.94 bits per heavy atom. The van der Waals surface area contributed by atoms with Gasteiger partial charge in [0.25, 0.3) is 0 Å². The maximum Gasteiger partial charge on any atom is 0.154 e. The Balaban J connectivity index is 2.45. The van der Waals surface area contributed by atoms with Crippen molar-refractivity contribution in [1.29, 1.82) is 0 Å². The predicted octanol–water partition coefficient (Wildman–Crippen LogP) is 2.70. The zero-order valence-corrected chi connectivity index (χ0v) is 10.8. The molecular weight excluding hydrogens is 231 g/mol. The minimum Gasteiger partial charge on any atom is -0.394 e. The molecule has 4 nitrogen and oxygen atoms in total. The highest BCUT2D eigenvalue weighted by atomic mass is 19.1. The van der Waals surface area contributed by atoms with Gasteiger partial charge in [-0.05, 0) is 38.1 Å². The average Bonchev–Trinajstić information content (AvgIpc) is 2.65. The molecule has 18 heavy (non-hydrogen) atoms. The number of halogens is 1. The summed E-state index contributed by atoms with van der Waals surface area (Å²) in [5.41, 5.74) is 8.38. The van der Waals surface area contributed by atoms with Gasteiger partial charge in [-0.25, -0.2) is 9.07 Å². The molecule has 5 heteroatoms. The lowest BCUT2D eigenvalue weighted by molar-refractivity contribution is 0.627. The van der Waals surface area contributed by atoms with Gasteiger partial charge in [-0.2, -0.15) is 5.10 Å². The lowest BCUT2D eigenvalue weighted by atomic mass is 10.2. The maximum atomic E-state index is 12.9. The van der Waals surface area contributed by atoms with Gasteiger partial charge in [0.2, 0.25) is 0 Å². The number of aromatic nitrogens is 2. The summed E-state index contributed by atoms with van der Waals surface area (Å²) in [5, 5.41) is 4.37. The third-order valence-corrected chi connectivity index (χ3v) is 2.98. The van der Waals surface area contributed by atoms with Gasteiger partial charge >= 0.3 is 0 Å². The molecule has 0 saturated heterocycles. The first-order valence-electron chi connectivity index (χ1n) is 5.86. The van der Waals surface area contributed by atoms with Crippen molar-refractivity contribution in [2.24, 2.45) is 0 Å². The van der Waals surface area contributed by atoms with Crippen molar-refractivity contribution in [3.05, 3.63) is 35.8 Å². The van der Waals surface area contributed by atoms with Crippen LogP contribution < -0.4 is 10.6 Å². The highest BCUT2D eigenvalue weighted by Crippen LogP contribution is 2.31. The summed E-state index contributed by atoms with van der Waals surface area (Å²) in [6, 6.07) is 6.30. The maximum absolute atomic E-state index is 12.9. The molecule has 1 heterocycles. The van der Waals surface area contributed by atoms with Gasteiger partial charge in [0.05, 0.1) is 11.4 Å². The van der Waals surface area contributed by atoms with E-state index in [9.17, 15) is 4.39 Å². The van der Waals surface area contributed by atoms with Crippen LogP contribution in [-0.2, 0) is 6.54 Å². The van der Waals surface area contributed by atoms with E-state index in [1.54, 1.807) is 12.1 Å². The molecule has 2 N–H and O–H groups in total. The Hall–Kier alpha value is -2.04. The van der Waals surface area contributed by atoms with Crippen molar-refractivity contribution in [2.45, 2.75) is 20.4 Å². The molecule has 1 aromatic carbocycles. The second kappa shape index (κ2) is 4.68. The third kappa shape index (κ3) is 2.03. The number of nitrogen functional groups attached to an aromatic ring is 1. The van der Waals surface area contributed by atoms with Gasteiger partial charge in [0, 0.05) is 19.3 Å². The minimum absolute atomic E-state index is 0.250. The molecule has 0 saturated carbocycles. The van der Waals surface area contributed by atoms with Gasteiger partial charge in [-0.1, -0.05) is 0 Å². The van der Waals surface area contributed by atoms with Crippen molar-refractivity contribution < 1.29 is 4.39 Å². The average molecular weight is 248 g/mol. The van der Waals surface area contributed by atoms with Gasteiger partial charge in [0.15, 0.2) is 5.82 Å². The number of rotatable bonds is 3. The van der Waals surface area contributed by atoms with E-state index in [1.165, 1.54) is 12.1 Å². The molecule has 0 atom stereocenters. The molecule has 0 aliphatic heterocycles. The standard InChI is InChI=1S/C13H17FN4/c1-4-18-13(12(15)9(2)16-18)17(3)11-7-5-10(14)6-8-11/h5-8H,4,15H2,1-3H3. The molecule has 0 aliphatic carbocycles. The second-order valence-electron chi connectivity index (χ2n) is 4.17. The van der Waals surface area contributed by atoms with Gasteiger partial charge in [-0.3, -0.25) is 0 Å². The second-order valence-corrected chi connectivity index (χ2v) is 4.17. The van der Waals surface area contributed by atoms with E-state index >= 15 is 0 Å². The van der Waals surface area contributed by atoms with Crippen LogP contribution in [0.1, 0.15) is 12.6 Å². The zero-order chi connectivity index (χ0) is 13.3. The van der Waals surface area contributed by atoms with Crippen molar-refractivity contribution in [1.82, 2.24) is 9.78 Å². The number of aryl methyl sites for hydroxylation is 2. The van der Waals surface area contributed by atoms with Crippen LogP contribution in [0, 0.1) is 12.7 Å². The normalized spacial score (nSPS) is 10.7. The summed E-state index contributed by atoms with van der Waals surface area (Å²) < 4.78 is 14.8. The van der Waals surface area contributed by atoms with Crippen molar-refractivity contribution >= 4 is 17.2 Å². The van der Waals surface area contributed by atoms with E-state index in [1.807, 2.05) is 30.5 Å². The molecule has 2 aromatic rings. The third-order valence-electron chi connectivity index (χ3n) is 2.98. The summed E-state index contributed by atoms with van der Waals surface area (Å²) in [7, 11) is 1.90. The van der Waals surface area contributed by atoms with E-state index in [-0.39, 0.29) is 5.82 Å². The summed E-state index contributed by atoms with van der Waals surface area (Å²) in [4.78, 5) is 1.91. The fraction of sp³-hybridized carbons (Fsp3) is 0.308. The van der Waals surface area contributed by atoms with Gasteiger partial charge in [-0.15, -0.1) is 0 Å². The largest absolute Gasteiger partial charge is 0.394 e. The minimum atomic E-state index is -0.250. The Morgan fingerprint density at radius 1 is 1.33 bits per heavy atom. The lowest BCUT2D eigenvalue weighted by Gasteiger charge is -2.20. The molecule has 0 spiro atoms. The monoisotopic (exact) mass is 248 g/mol. The first kappa shape index (κ1) is 12.4. The fourth-order valence-electron chi connectivity index (χ4n) is 1.94. The SMILES string of the molecule is CCn1nc(C)c(N)c1N(C)c1ccc(F)cc1. The van der Waals surface area contributed by atoms with E-state index in [0.717, 1.165) is 23.7 Å². The van der Waals surface area contributed by atoms with E-state index < -0.39 is 0 Å². The summed E-state index contributed by atoms with van der Waals surface area (Å²) in [5.74, 6) is 0.585. The molecule has 0 fully saturated rings. The quantitative estimate of drug-likeness (QED) is 0.908. The van der Waals surface area contributed by atoms with Crippen LogP contribution in [-0.4, -0.2) is 16.8 Å². The predicted molar refractivity (Wildman–Crippen MR) is 71.5 cm³/mol. The smallest absolute Gasteiger partial charge is 0.154 e. The van der Waals surface area contributed by atoms with Crippen molar-refractivity contribution in [2.75, 3.05) is 17.7 Å². The van der Waals surface area contributed by atoms with Crippen LogP contribution in [0.5, 0.6) is 0 Å². The fourth-order valence-corrected chi connectivity index (χ4v) is 1.94. The van der Waals surface area contributed by atoms with Crippen LogP contribution >= 0.6 is 0 Å². The molecule has 96 valence electrons. The van der Waals surface area contributed by atoms with Crippen LogP contribution in [0.2, 0.25) is 0 Å². The van der Waals surface area contributed by atoms with Crippen molar-refractivity contribution in [3.63, 3.8) is 0 Å². The molecule has 0 bridgehead atoms. The van der Waals surface area contributed by atoms with Crippen LogP contribution in [0.4, 0.5) is 21.6 Å². The molecule has 0 aliphatic rings. The van der Waals surface area contributed by atoms with Crippen LogP contribution in [0.3, 0.4) is 0 Å². The summed E-state index contributed by atoms with van der Waals surface area (Å²) >= 11 is 0. The van der Waals surface area contributed by atoms with E-state index in [4.69, 9.17) is 5.73 Å². The van der Waals surface area contributed by atoms with Gasteiger partial charge < -0.3 is 10.6 Å². The topological polar surface area (TPSA) is 47.1 Å². The molecule has 0 radical (unpaired) electrons. The van der Waals surface area contributed by atoms with E-state index in [2.05, 4.69) is 5.10 Å². The first-order valence-corrected chi connectivity index (χ1v) is 5.86. The Bertz CT molecular complexity index is 545. The Morgan fingerprint density at radius 3 is 2.50 bits per heavy atom. The lowest BCUT2D eigenvalue weighted by Crippen LogP contribution is -2.16. The highest BCUT2D eigenvalue weighted by Gasteiger charge is 2.16. The molecule has 1 aromatic heterocycles. The molecule has 0 unspecified atom stereocenters. The summed E-state index contributed by atoms with van der Waals surface area (Å²) in [6.45, 7) is 4.62. The van der Waals surface area contributed by atoms with Crippen LogP contribution in [0.25, 0.3) is 0 Å². The molecule has 2 rings (SSSR count). The number of nitrogens with two attached hydrogens (primary N) is 1. The Kier molecular flexibility index (Phi) is 3.23. The number of hydrogen-bond donors (Lipinski definition) is 1.